The molecule has 0 fully saturated rings. The zero-order chi connectivity index (χ0) is 14.9. The molecule has 0 bridgehead atoms. The lowest BCUT2D eigenvalue weighted by atomic mass is 10.1. The molecule has 20 heavy (non-hydrogen) atoms. The van der Waals surface area contributed by atoms with E-state index in [2.05, 4.69) is 9.72 Å². The van der Waals surface area contributed by atoms with Gasteiger partial charge in [-0.3, -0.25) is 4.79 Å². The average molecular weight is 295 g/mol. The van der Waals surface area contributed by atoms with Gasteiger partial charge >= 0.3 is 5.97 Å². The second kappa shape index (κ2) is 5.28. The van der Waals surface area contributed by atoms with Crippen molar-refractivity contribution in [3.63, 3.8) is 0 Å². The van der Waals surface area contributed by atoms with Crippen molar-refractivity contribution in [2.45, 2.75) is 24.7 Å². The van der Waals surface area contributed by atoms with Gasteiger partial charge in [-0.25, -0.2) is 8.42 Å². The predicted molar refractivity (Wildman–Crippen MR) is 76.5 cm³/mol. The molecule has 1 heterocycles. The molecule has 2 aromatic rings. The maximum Gasteiger partial charge on any atom is 0.305 e. The average Bonchev–Trinajstić information content (AvgIpc) is 2.69. The molecule has 0 amide bonds. The molecule has 0 saturated carbocycles. The van der Waals surface area contributed by atoms with Gasteiger partial charge in [-0.1, -0.05) is 0 Å². The summed E-state index contributed by atoms with van der Waals surface area (Å²) < 4.78 is 27.9. The molecule has 0 aliphatic rings. The molecular formula is C14H17NO4S. The Hall–Kier alpha value is -1.82. The molecule has 0 spiro atoms. The number of esters is 1. The van der Waals surface area contributed by atoms with Crippen LogP contribution in [0, 0.1) is 6.92 Å². The Kier molecular flexibility index (Phi) is 3.85. The van der Waals surface area contributed by atoms with E-state index < -0.39 is 9.84 Å². The maximum absolute atomic E-state index is 11.6. The number of aryl methyl sites for hydroxylation is 2. The van der Waals surface area contributed by atoms with Crippen LogP contribution in [0.25, 0.3) is 10.9 Å². The smallest absolute Gasteiger partial charge is 0.305 e. The van der Waals surface area contributed by atoms with Crippen molar-refractivity contribution in [1.29, 1.82) is 0 Å². The number of carbonyl (C=O) groups is 1. The van der Waals surface area contributed by atoms with Crippen LogP contribution in [-0.4, -0.2) is 32.7 Å². The van der Waals surface area contributed by atoms with Crippen molar-refractivity contribution in [2.24, 2.45) is 0 Å². The number of H-pyrrole nitrogens is 1. The summed E-state index contributed by atoms with van der Waals surface area (Å²) in [6.45, 7) is 1.91. The summed E-state index contributed by atoms with van der Waals surface area (Å²) >= 11 is 0. The Morgan fingerprint density at radius 2 is 2.05 bits per heavy atom. The molecule has 2 rings (SSSR count). The molecule has 0 radical (unpaired) electrons. The van der Waals surface area contributed by atoms with Gasteiger partial charge in [0.15, 0.2) is 9.84 Å². The van der Waals surface area contributed by atoms with E-state index in [1.807, 2.05) is 6.92 Å². The fourth-order valence-electron chi connectivity index (χ4n) is 2.24. The third-order valence-electron chi connectivity index (χ3n) is 3.33. The first kappa shape index (κ1) is 14.6. The summed E-state index contributed by atoms with van der Waals surface area (Å²) in [6.07, 6.45) is 1.97. The van der Waals surface area contributed by atoms with Crippen LogP contribution in [0.5, 0.6) is 0 Å². The SMILES string of the molecule is COC(=O)CCc1c(C)[nH]c2ccc(S(C)(=O)=O)cc12. The number of fused-ring (bicyclic) bond motifs is 1. The number of ether oxygens (including phenoxy) is 1. The third-order valence-corrected chi connectivity index (χ3v) is 4.44. The minimum absolute atomic E-state index is 0.271. The predicted octanol–water partition coefficient (Wildman–Crippen LogP) is 1.99. The van der Waals surface area contributed by atoms with E-state index in [1.165, 1.54) is 13.4 Å². The number of nitrogens with one attached hydrogen (secondary N) is 1. The molecule has 0 unspecified atom stereocenters. The van der Waals surface area contributed by atoms with Gasteiger partial charge in [-0.15, -0.1) is 0 Å². The molecular weight excluding hydrogens is 278 g/mol. The fourth-order valence-corrected chi connectivity index (χ4v) is 2.89. The van der Waals surface area contributed by atoms with Crippen LogP contribution < -0.4 is 0 Å². The molecule has 1 aromatic heterocycles. The van der Waals surface area contributed by atoms with E-state index in [1.54, 1.807) is 18.2 Å². The van der Waals surface area contributed by atoms with Crippen molar-refractivity contribution in [3.05, 3.63) is 29.5 Å². The van der Waals surface area contributed by atoms with Gasteiger partial charge in [0.1, 0.15) is 0 Å². The van der Waals surface area contributed by atoms with Crippen LogP contribution in [0.2, 0.25) is 0 Å². The first-order chi connectivity index (χ1) is 9.32. The van der Waals surface area contributed by atoms with E-state index in [4.69, 9.17) is 0 Å². The second-order valence-electron chi connectivity index (χ2n) is 4.78. The van der Waals surface area contributed by atoms with Gasteiger partial charge in [0.2, 0.25) is 0 Å². The van der Waals surface area contributed by atoms with Gasteiger partial charge in [-0.05, 0) is 37.1 Å². The van der Waals surface area contributed by atoms with Gasteiger partial charge in [-0.2, -0.15) is 0 Å². The molecule has 1 N–H and O–H groups in total. The number of aromatic amines is 1. The number of methoxy groups -OCH3 is 1. The van der Waals surface area contributed by atoms with Crippen LogP contribution >= 0.6 is 0 Å². The van der Waals surface area contributed by atoms with Crippen LogP contribution in [-0.2, 0) is 25.8 Å². The quantitative estimate of drug-likeness (QED) is 0.875. The van der Waals surface area contributed by atoms with Gasteiger partial charge < -0.3 is 9.72 Å². The lowest BCUT2D eigenvalue weighted by Crippen LogP contribution is -2.02. The van der Waals surface area contributed by atoms with Gasteiger partial charge in [0.05, 0.1) is 12.0 Å². The summed E-state index contributed by atoms with van der Waals surface area (Å²) in [5.41, 5.74) is 2.76. The topological polar surface area (TPSA) is 76.2 Å². The maximum atomic E-state index is 11.6. The molecule has 5 nitrogen and oxygen atoms in total. The van der Waals surface area contributed by atoms with Crippen LogP contribution in [0.3, 0.4) is 0 Å². The minimum atomic E-state index is -3.24. The number of hydrogen-bond acceptors (Lipinski definition) is 4. The van der Waals surface area contributed by atoms with Crippen molar-refractivity contribution in [2.75, 3.05) is 13.4 Å². The summed E-state index contributed by atoms with van der Waals surface area (Å²) in [4.78, 5) is 14.7. The normalized spacial score (nSPS) is 11.8. The number of hydrogen-bond donors (Lipinski definition) is 1. The zero-order valence-electron chi connectivity index (χ0n) is 11.7. The molecule has 0 aliphatic heterocycles. The zero-order valence-corrected chi connectivity index (χ0v) is 12.5. The number of rotatable bonds is 4. The Morgan fingerprint density at radius 3 is 2.65 bits per heavy atom. The van der Waals surface area contributed by atoms with E-state index in [-0.39, 0.29) is 17.3 Å². The van der Waals surface area contributed by atoms with Crippen LogP contribution in [0.4, 0.5) is 0 Å². The van der Waals surface area contributed by atoms with E-state index in [0.29, 0.717) is 6.42 Å². The first-order valence-electron chi connectivity index (χ1n) is 6.21. The standard InChI is InChI=1S/C14H17NO4S/c1-9-11(5-7-14(16)19-2)12-8-10(20(3,17)18)4-6-13(12)15-9/h4,6,8,15H,5,7H2,1-3H3. The Bertz CT molecular complexity index is 759. The van der Waals surface area contributed by atoms with Crippen molar-refractivity contribution in [1.82, 2.24) is 4.98 Å². The highest BCUT2D eigenvalue weighted by Gasteiger charge is 2.14. The fraction of sp³-hybridized carbons (Fsp3) is 0.357. The summed E-state index contributed by atoms with van der Waals surface area (Å²) in [5, 5.41) is 0.842. The van der Waals surface area contributed by atoms with Crippen molar-refractivity contribution >= 4 is 26.7 Å². The van der Waals surface area contributed by atoms with E-state index >= 15 is 0 Å². The van der Waals surface area contributed by atoms with Crippen LogP contribution in [0.15, 0.2) is 23.1 Å². The van der Waals surface area contributed by atoms with E-state index in [0.717, 1.165) is 22.2 Å². The number of sulfone groups is 1. The Balaban J connectivity index is 2.47. The monoisotopic (exact) mass is 295 g/mol. The first-order valence-corrected chi connectivity index (χ1v) is 8.10. The Morgan fingerprint density at radius 1 is 1.35 bits per heavy atom. The number of carbonyl (C=O) groups excluding carboxylic acids is 1. The van der Waals surface area contributed by atoms with E-state index in [9.17, 15) is 13.2 Å². The summed E-state index contributed by atoms with van der Waals surface area (Å²) in [6, 6.07) is 4.98. The molecule has 1 aromatic carbocycles. The summed E-state index contributed by atoms with van der Waals surface area (Å²) in [5.74, 6) is -0.280. The van der Waals surface area contributed by atoms with Crippen LogP contribution in [0.1, 0.15) is 17.7 Å². The van der Waals surface area contributed by atoms with Gasteiger partial charge in [0.25, 0.3) is 0 Å². The highest BCUT2D eigenvalue weighted by molar-refractivity contribution is 7.90. The minimum Gasteiger partial charge on any atom is -0.469 e. The number of aromatic nitrogens is 1. The molecule has 108 valence electrons. The van der Waals surface area contributed by atoms with Crippen molar-refractivity contribution < 1.29 is 17.9 Å². The summed E-state index contributed by atoms with van der Waals surface area (Å²) in [7, 11) is -1.89. The second-order valence-corrected chi connectivity index (χ2v) is 6.80. The lowest BCUT2D eigenvalue weighted by molar-refractivity contribution is -0.140. The lowest BCUT2D eigenvalue weighted by Gasteiger charge is -2.02. The molecule has 0 atom stereocenters. The highest BCUT2D eigenvalue weighted by atomic mass is 32.2. The van der Waals surface area contributed by atoms with Crippen molar-refractivity contribution in [3.8, 4) is 0 Å². The molecule has 0 saturated heterocycles. The number of benzene rings is 1. The highest BCUT2D eigenvalue weighted by Crippen LogP contribution is 2.26. The largest absolute Gasteiger partial charge is 0.469 e. The molecule has 0 aliphatic carbocycles. The van der Waals surface area contributed by atoms with Gasteiger partial charge in [0, 0.05) is 29.3 Å². The third kappa shape index (κ3) is 2.85. The molecule has 6 heteroatoms. The Labute approximate surface area is 117 Å².